The molecule has 0 unspecified atom stereocenters. The van der Waals surface area contributed by atoms with E-state index < -0.39 is 5.57 Å². The summed E-state index contributed by atoms with van der Waals surface area (Å²) in [6, 6.07) is 1.51. The Hall–Kier alpha value is -2.18. The number of aliphatic imine (C=N–C) groups is 1. The van der Waals surface area contributed by atoms with E-state index in [1.165, 1.54) is 127 Å². The van der Waals surface area contributed by atoms with Crippen LogP contribution < -0.4 is 0 Å². The van der Waals surface area contributed by atoms with Gasteiger partial charge in [-0.3, -0.25) is 0 Å². The molecule has 0 atom stereocenters. The highest BCUT2D eigenvalue weighted by molar-refractivity contribution is 6.06. The van der Waals surface area contributed by atoms with Crippen molar-refractivity contribution < 1.29 is 14.3 Å². The normalized spacial score (nSPS) is 11.0. The standard InChI is InChI=1S/C21H46N.C7H5N4O2/c1-5-6-7-8-9-10-11-12-13-14-15-16-17-18-19-20-21-22(2,3)4;8-3-6(4-9)7(11-5-10)13-2-1-12/h5-21H2,1-4H3;12H,1-2H2/q+1;-1. The number of quaternary nitrogens is 1. The molecular formula is C28H51N5O2. The molecular weight excluding hydrogens is 438 g/mol. The third-order valence-electron chi connectivity index (χ3n) is 5.60. The predicted molar refractivity (Wildman–Crippen MR) is 146 cm³/mol. The summed E-state index contributed by atoms with van der Waals surface area (Å²) in [5.41, 5.74) is -0.394. The Morgan fingerprint density at radius 2 is 1.23 bits per heavy atom. The summed E-state index contributed by atoms with van der Waals surface area (Å²) in [4.78, 5) is 3.11. The van der Waals surface area contributed by atoms with Gasteiger partial charge >= 0.3 is 0 Å². The van der Waals surface area contributed by atoms with Gasteiger partial charge in [-0.25, -0.2) is 5.87 Å². The van der Waals surface area contributed by atoms with Gasteiger partial charge < -0.3 is 19.7 Å². The minimum Gasteiger partial charge on any atom is -0.762 e. The van der Waals surface area contributed by atoms with E-state index in [0.29, 0.717) is 0 Å². The van der Waals surface area contributed by atoms with E-state index in [9.17, 15) is 0 Å². The van der Waals surface area contributed by atoms with E-state index in [0.717, 1.165) is 4.48 Å². The topological polar surface area (TPSA) is 112 Å². The molecule has 0 bridgehead atoms. The van der Waals surface area contributed by atoms with Crippen LogP contribution >= 0.6 is 0 Å². The first-order valence-corrected chi connectivity index (χ1v) is 13.5. The van der Waals surface area contributed by atoms with Crippen LogP contribution in [-0.4, -0.2) is 62.3 Å². The third kappa shape index (κ3) is 27.9. The predicted octanol–water partition coefficient (Wildman–Crippen LogP) is 6.52. The van der Waals surface area contributed by atoms with E-state index in [2.05, 4.69) is 37.8 Å². The molecule has 0 aliphatic heterocycles. The van der Waals surface area contributed by atoms with Crippen molar-refractivity contribution in [3.8, 4) is 12.3 Å². The Bertz CT molecular complexity index is 650. The highest BCUT2D eigenvalue weighted by Gasteiger charge is 2.06. The summed E-state index contributed by atoms with van der Waals surface area (Å²) in [7, 11) is 6.89. The van der Waals surface area contributed by atoms with Gasteiger partial charge in [0.25, 0.3) is 0 Å². The maximum atomic E-state index is 8.38. The summed E-state index contributed by atoms with van der Waals surface area (Å²) < 4.78 is 5.79. The van der Waals surface area contributed by atoms with Gasteiger partial charge in [0.15, 0.2) is 0 Å². The molecule has 200 valence electrons. The number of ether oxygens (including phenoxy) is 1. The van der Waals surface area contributed by atoms with Crippen LogP contribution in [0.25, 0.3) is 5.41 Å². The Morgan fingerprint density at radius 3 is 1.54 bits per heavy atom. The number of hydrogen-bond donors (Lipinski definition) is 1. The fourth-order valence-corrected chi connectivity index (χ4v) is 3.60. The lowest BCUT2D eigenvalue weighted by molar-refractivity contribution is -0.870. The van der Waals surface area contributed by atoms with E-state index in [4.69, 9.17) is 21.0 Å². The largest absolute Gasteiger partial charge is 0.762 e. The summed E-state index contributed by atoms with van der Waals surface area (Å²) >= 11 is 0. The Labute approximate surface area is 215 Å². The lowest BCUT2D eigenvalue weighted by Gasteiger charge is -2.23. The zero-order chi connectivity index (χ0) is 26.6. The van der Waals surface area contributed by atoms with Crippen LogP contribution in [0.5, 0.6) is 0 Å². The summed E-state index contributed by atoms with van der Waals surface area (Å²) in [5.74, 6) is 1.15. The minimum atomic E-state index is -0.394. The van der Waals surface area contributed by atoms with Crippen molar-refractivity contribution in [3.63, 3.8) is 0 Å². The molecule has 0 aliphatic carbocycles. The monoisotopic (exact) mass is 489 g/mol. The maximum absolute atomic E-state index is 8.38. The Morgan fingerprint density at radius 1 is 0.800 bits per heavy atom. The molecule has 0 fully saturated rings. The van der Waals surface area contributed by atoms with Crippen LogP contribution in [-0.2, 0) is 4.74 Å². The van der Waals surface area contributed by atoms with Gasteiger partial charge in [0, 0.05) is 0 Å². The summed E-state index contributed by atoms with van der Waals surface area (Å²) in [6.45, 7) is 3.23. The van der Waals surface area contributed by atoms with Crippen molar-refractivity contribution in [1.82, 2.24) is 0 Å². The van der Waals surface area contributed by atoms with Crippen molar-refractivity contribution in [1.29, 1.82) is 10.5 Å². The lowest BCUT2D eigenvalue weighted by atomic mass is 10.0. The third-order valence-corrected chi connectivity index (χ3v) is 5.60. The smallest absolute Gasteiger partial charge is 0.248 e. The summed E-state index contributed by atoms with van der Waals surface area (Å²) in [6.07, 6.45) is 24.7. The van der Waals surface area contributed by atoms with Gasteiger partial charge in [0.2, 0.25) is 12.1 Å². The van der Waals surface area contributed by atoms with Crippen LogP contribution in [0.2, 0.25) is 0 Å². The van der Waals surface area contributed by atoms with E-state index >= 15 is 0 Å². The van der Waals surface area contributed by atoms with E-state index in [-0.39, 0.29) is 19.1 Å². The highest BCUT2D eigenvalue weighted by atomic mass is 16.5. The fraction of sp³-hybridized carbons (Fsp3) is 0.821. The van der Waals surface area contributed by atoms with E-state index in [1.54, 1.807) is 0 Å². The molecule has 0 aliphatic rings. The highest BCUT2D eigenvalue weighted by Crippen LogP contribution is 2.13. The lowest BCUT2D eigenvalue weighted by Crippen LogP contribution is -2.35. The molecule has 0 rings (SSSR count). The second-order valence-electron chi connectivity index (χ2n) is 10.0. The van der Waals surface area contributed by atoms with Crippen LogP contribution in [0, 0.1) is 22.8 Å². The Kier molecular flexibility index (Phi) is 26.4. The molecule has 0 aromatic rings. The van der Waals surface area contributed by atoms with Gasteiger partial charge in [-0.2, -0.15) is 10.5 Å². The van der Waals surface area contributed by atoms with Gasteiger partial charge in [-0.15, -0.1) is 4.99 Å². The number of rotatable bonds is 20. The molecule has 0 saturated carbocycles. The molecule has 0 amide bonds. The van der Waals surface area contributed by atoms with Crippen molar-refractivity contribution >= 4 is 11.8 Å². The second-order valence-corrected chi connectivity index (χ2v) is 10.0. The van der Waals surface area contributed by atoms with Gasteiger partial charge in [-0.05, 0) is 12.8 Å². The molecule has 0 aromatic carbocycles. The quantitative estimate of drug-likeness (QED) is 0.0524. The van der Waals surface area contributed by atoms with Crippen molar-refractivity contribution in [2.45, 2.75) is 110 Å². The zero-order valence-corrected chi connectivity index (χ0v) is 23.0. The minimum absolute atomic E-state index is 0.118. The number of unbranched alkanes of at least 4 members (excludes halogenated alkanes) is 15. The van der Waals surface area contributed by atoms with Crippen LogP contribution in [0.15, 0.2) is 10.6 Å². The number of nitriles is 2. The first-order valence-electron chi connectivity index (χ1n) is 13.5. The molecule has 0 spiro atoms. The van der Waals surface area contributed by atoms with Crippen LogP contribution in [0.4, 0.5) is 0 Å². The molecule has 0 radical (unpaired) electrons. The number of nitrogens with zero attached hydrogens (tertiary/aromatic N) is 5. The van der Waals surface area contributed by atoms with Crippen molar-refractivity contribution in [2.24, 2.45) is 4.99 Å². The number of aliphatic hydroxyl groups is 1. The molecule has 7 heteroatoms. The van der Waals surface area contributed by atoms with Gasteiger partial charge in [-0.1, -0.05) is 96.8 Å². The van der Waals surface area contributed by atoms with Crippen molar-refractivity contribution in [2.75, 3.05) is 40.9 Å². The number of aliphatic hydroxyl groups excluding tert-OH is 1. The first kappa shape index (κ1) is 35.0. The van der Waals surface area contributed by atoms with Crippen LogP contribution in [0.3, 0.4) is 0 Å². The zero-order valence-electron chi connectivity index (χ0n) is 23.0. The number of hydrogen-bond acceptors (Lipinski definition) is 5. The first-order chi connectivity index (χ1) is 16.9. The molecule has 7 nitrogen and oxygen atoms in total. The molecule has 0 saturated heterocycles. The second kappa shape index (κ2) is 26.4. The van der Waals surface area contributed by atoms with Crippen molar-refractivity contribution in [3.05, 3.63) is 11.0 Å². The molecule has 0 aromatic heterocycles. The molecule has 35 heavy (non-hydrogen) atoms. The molecule has 0 heterocycles. The SMILES string of the molecule is CCCCCCCCCCCCCCCCCC[N+](C)(C)C.N#CN=C(OCCO)C(=C=[N-])C#N. The average molecular weight is 490 g/mol. The molecule has 1 N–H and O–H groups in total. The van der Waals surface area contributed by atoms with E-state index in [1.807, 2.05) is 0 Å². The van der Waals surface area contributed by atoms with Crippen LogP contribution in [0.1, 0.15) is 110 Å². The average Bonchev–Trinajstić information content (AvgIpc) is 2.82. The van der Waals surface area contributed by atoms with Gasteiger partial charge in [0.05, 0.1) is 34.3 Å². The fourth-order valence-electron chi connectivity index (χ4n) is 3.60. The Balaban J connectivity index is 0. The maximum Gasteiger partial charge on any atom is 0.248 e. The van der Waals surface area contributed by atoms with Gasteiger partial charge in [0.1, 0.15) is 18.2 Å². The summed E-state index contributed by atoms with van der Waals surface area (Å²) in [5, 5.41) is 33.3.